The highest BCUT2D eigenvalue weighted by Crippen LogP contribution is 2.12. The molecule has 4 nitrogen and oxygen atoms in total. The van der Waals surface area contributed by atoms with Crippen LogP contribution >= 0.6 is 0 Å². The molecule has 0 spiro atoms. The zero-order valence-corrected chi connectivity index (χ0v) is 9.25. The van der Waals surface area contributed by atoms with E-state index in [1.807, 2.05) is 6.92 Å². The van der Waals surface area contributed by atoms with Gasteiger partial charge in [0, 0.05) is 6.42 Å². The summed E-state index contributed by atoms with van der Waals surface area (Å²) in [5.74, 6) is -0.837. The van der Waals surface area contributed by atoms with Crippen LogP contribution in [0.4, 0.5) is 0 Å². The molecular formula is C10H13NO3S. The van der Waals surface area contributed by atoms with Crippen molar-refractivity contribution in [1.82, 2.24) is 0 Å². The number of primary amides is 1. The average Bonchev–Trinajstić information content (AvgIpc) is 2.16. The summed E-state index contributed by atoms with van der Waals surface area (Å²) in [6.07, 6.45) is -0.143. The molecule has 0 aliphatic heterocycles. The van der Waals surface area contributed by atoms with E-state index in [-0.39, 0.29) is 17.1 Å². The second-order valence-corrected chi connectivity index (χ2v) is 5.46. The lowest BCUT2D eigenvalue weighted by atomic mass is 10.2. The molecule has 15 heavy (non-hydrogen) atoms. The van der Waals surface area contributed by atoms with Crippen LogP contribution in [0.15, 0.2) is 29.2 Å². The first-order valence-corrected chi connectivity index (χ1v) is 6.15. The number of rotatable bonds is 4. The zero-order valence-electron chi connectivity index (χ0n) is 8.43. The van der Waals surface area contributed by atoms with Gasteiger partial charge in [-0.1, -0.05) is 17.7 Å². The second kappa shape index (κ2) is 4.44. The van der Waals surface area contributed by atoms with Crippen molar-refractivity contribution >= 4 is 15.7 Å². The van der Waals surface area contributed by atoms with E-state index >= 15 is 0 Å². The van der Waals surface area contributed by atoms with Crippen LogP contribution in [-0.2, 0) is 14.6 Å². The summed E-state index contributed by atoms with van der Waals surface area (Å²) >= 11 is 0. The van der Waals surface area contributed by atoms with E-state index in [0.717, 1.165) is 5.56 Å². The third kappa shape index (κ3) is 3.36. The molecular weight excluding hydrogens is 214 g/mol. The van der Waals surface area contributed by atoms with Crippen LogP contribution in [0.3, 0.4) is 0 Å². The van der Waals surface area contributed by atoms with Crippen molar-refractivity contribution in [3.05, 3.63) is 29.8 Å². The van der Waals surface area contributed by atoms with Gasteiger partial charge in [0.15, 0.2) is 9.84 Å². The smallest absolute Gasteiger partial charge is 0.218 e. The Bertz CT molecular complexity index is 448. The Morgan fingerprint density at radius 2 is 1.80 bits per heavy atom. The number of carbonyl (C=O) groups is 1. The van der Waals surface area contributed by atoms with Crippen LogP contribution in [0.25, 0.3) is 0 Å². The molecule has 0 aliphatic rings. The van der Waals surface area contributed by atoms with Crippen molar-refractivity contribution in [2.75, 3.05) is 5.75 Å². The zero-order chi connectivity index (χ0) is 11.5. The number of benzene rings is 1. The predicted molar refractivity (Wildman–Crippen MR) is 57.0 cm³/mol. The highest BCUT2D eigenvalue weighted by molar-refractivity contribution is 7.91. The van der Waals surface area contributed by atoms with Gasteiger partial charge in [-0.3, -0.25) is 4.79 Å². The maximum atomic E-state index is 11.6. The van der Waals surface area contributed by atoms with Gasteiger partial charge in [0.2, 0.25) is 5.91 Å². The number of hydrogen-bond donors (Lipinski definition) is 1. The van der Waals surface area contributed by atoms with Gasteiger partial charge in [-0.25, -0.2) is 8.42 Å². The molecule has 0 aliphatic carbocycles. The SMILES string of the molecule is Cc1ccc(S(=O)(=O)CCC(N)=O)cc1. The van der Waals surface area contributed by atoms with Crippen LogP contribution in [-0.4, -0.2) is 20.1 Å². The lowest BCUT2D eigenvalue weighted by Gasteiger charge is -2.02. The molecule has 1 aromatic rings. The molecule has 1 amide bonds. The molecule has 0 fully saturated rings. The van der Waals surface area contributed by atoms with Crippen molar-refractivity contribution in [1.29, 1.82) is 0 Å². The summed E-state index contributed by atoms with van der Waals surface area (Å²) in [4.78, 5) is 10.7. The first kappa shape index (κ1) is 11.7. The van der Waals surface area contributed by atoms with Crippen LogP contribution in [0.2, 0.25) is 0 Å². The van der Waals surface area contributed by atoms with Crippen molar-refractivity contribution in [3.8, 4) is 0 Å². The lowest BCUT2D eigenvalue weighted by Crippen LogP contribution is -2.17. The largest absolute Gasteiger partial charge is 0.370 e. The molecule has 1 aromatic carbocycles. The fraction of sp³-hybridized carbons (Fsp3) is 0.300. The fourth-order valence-corrected chi connectivity index (χ4v) is 2.35. The maximum absolute atomic E-state index is 11.6. The fourth-order valence-electron chi connectivity index (χ4n) is 1.10. The van der Waals surface area contributed by atoms with Gasteiger partial charge >= 0.3 is 0 Å². The quantitative estimate of drug-likeness (QED) is 0.820. The number of sulfone groups is 1. The Labute approximate surface area is 89.0 Å². The monoisotopic (exact) mass is 227 g/mol. The predicted octanol–water partition coefficient (Wildman–Crippen LogP) is 0.644. The molecule has 5 heteroatoms. The highest BCUT2D eigenvalue weighted by Gasteiger charge is 2.14. The minimum Gasteiger partial charge on any atom is -0.370 e. The van der Waals surface area contributed by atoms with Gasteiger partial charge in [0.1, 0.15) is 0 Å². The number of carbonyl (C=O) groups excluding carboxylic acids is 1. The summed E-state index contributed by atoms with van der Waals surface area (Å²) in [7, 11) is -3.37. The molecule has 2 N–H and O–H groups in total. The number of aryl methyl sites for hydroxylation is 1. The average molecular weight is 227 g/mol. The summed E-state index contributed by atoms with van der Waals surface area (Å²) in [6, 6.07) is 6.51. The van der Waals surface area contributed by atoms with Gasteiger partial charge in [0.25, 0.3) is 0 Å². The molecule has 0 heterocycles. The van der Waals surface area contributed by atoms with Gasteiger partial charge in [0.05, 0.1) is 10.6 Å². The third-order valence-electron chi connectivity index (χ3n) is 2.00. The van der Waals surface area contributed by atoms with Crippen LogP contribution in [0.5, 0.6) is 0 Å². The molecule has 1 rings (SSSR count). The van der Waals surface area contributed by atoms with E-state index in [4.69, 9.17) is 5.73 Å². The van der Waals surface area contributed by atoms with E-state index in [9.17, 15) is 13.2 Å². The topological polar surface area (TPSA) is 77.2 Å². The molecule has 0 bridgehead atoms. The normalized spacial score (nSPS) is 11.3. The molecule has 0 aromatic heterocycles. The summed E-state index contributed by atoms with van der Waals surface area (Å²) in [5, 5.41) is 0. The van der Waals surface area contributed by atoms with Crippen LogP contribution in [0, 0.1) is 6.92 Å². The molecule has 0 atom stereocenters. The van der Waals surface area contributed by atoms with E-state index in [0.29, 0.717) is 0 Å². The van der Waals surface area contributed by atoms with E-state index < -0.39 is 15.7 Å². The Kier molecular flexibility index (Phi) is 3.47. The highest BCUT2D eigenvalue weighted by atomic mass is 32.2. The number of amides is 1. The molecule has 82 valence electrons. The van der Waals surface area contributed by atoms with E-state index in [2.05, 4.69) is 0 Å². The lowest BCUT2D eigenvalue weighted by molar-refractivity contribution is -0.117. The van der Waals surface area contributed by atoms with Gasteiger partial charge in [-0.2, -0.15) is 0 Å². The Morgan fingerprint density at radius 1 is 1.27 bits per heavy atom. The van der Waals surface area contributed by atoms with Crippen molar-refractivity contribution in [2.45, 2.75) is 18.2 Å². The van der Waals surface area contributed by atoms with Crippen LogP contribution < -0.4 is 5.73 Å². The minimum atomic E-state index is -3.37. The summed E-state index contributed by atoms with van der Waals surface area (Å²) < 4.78 is 23.3. The summed E-state index contributed by atoms with van der Waals surface area (Å²) in [5.41, 5.74) is 5.89. The maximum Gasteiger partial charge on any atom is 0.218 e. The van der Waals surface area contributed by atoms with Gasteiger partial charge in [-0.15, -0.1) is 0 Å². The third-order valence-corrected chi connectivity index (χ3v) is 3.73. The van der Waals surface area contributed by atoms with Crippen molar-refractivity contribution in [3.63, 3.8) is 0 Å². The Hall–Kier alpha value is -1.36. The molecule has 0 radical (unpaired) electrons. The molecule has 0 saturated carbocycles. The summed E-state index contributed by atoms with van der Waals surface area (Å²) in [6.45, 7) is 1.87. The molecule has 0 unspecified atom stereocenters. The van der Waals surface area contributed by atoms with Crippen molar-refractivity contribution in [2.24, 2.45) is 5.73 Å². The standard InChI is InChI=1S/C10H13NO3S/c1-8-2-4-9(5-3-8)15(13,14)7-6-10(11)12/h2-5H,6-7H2,1H3,(H2,11,12). The first-order chi connectivity index (χ1) is 6.92. The van der Waals surface area contributed by atoms with E-state index in [1.54, 1.807) is 12.1 Å². The minimum absolute atomic E-state index is 0.143. The first-order valence-electron chi connectivity index (χ1n) is 4.49. The van der Waals surface area contributed by atoms with E-state index in [1.165, 1.54) is 12.1 Å². The van der Waals surface area contributed by atoms with Gasteiger partial charge in [-0.05, 0) is 19.1 Å². The Balaban J connectivity index is 2.87. The van der Waals surface area contributed by atoms with Crippen LogP contribution in [0.1, 0.15) is 12.0 Å². The van der Waals surface area contributed by atoms with Crippen molar-refractivity contribution < 1.29 is 13.2 Å². The van der Waals surface area contributed by atoms with Gasteiger partial charge < -0.3 is 5.73 Å². The molecule has 0 saturated heterocycles. The second-order valence-electron chi connectivity index (χ2n) is 3.35. The number of hydrogen-bond acceptors (Lipinski definition) is 3. The Morgan fingerprint density at radius 3 is 2.27 bits per heavy atom. The number of nitrogens with two attached hydrogens (primary N) is 1.